The fourth-order valence-electron chi connectivity index (χ4n) is 3.93. The molecular formula is C16H31NO2. The van der Waals surface area contributed by atoms with Crippen LogP contribution in [-0.2, 0) is 4.74 Å². The molecule has 2 rings (SSSR count). The average molecular weight is 269 g/mol. The van der Waals surface area contributed by atoms with Gasteiger partial charge >= 0.3 is 0 Å². The van der Waals surface area contributed by atoms with Gasteiger partial charge in [0.1, 0.15) is 0 Å². The van der Waals surface area contributed by atoms with Crippen molar-refractivity contribution in [1.82, 2.24) is 0 Å². The van der Waals surface area contributed by atoms with Crippen LogP contribution in [0.2, 0.25) is 0 Å². The third-order valence-electron chi connectivity index (χ3n) is 5.56. The number of aliphatic hydroxyl groups is 1. The molecule has 0 spiro atoms. The molecule has 2 fully saturated rings. The van der Waals surface area contributed by atoms with Crippen LogP contribution in [0.3, 0.4) is 0 Å². The second kappa shape index (κ2) is 5.71. The first-order valence-electron chi connectivity index (χ1n) is 7.89. The molecule has 2 aliphatic rings. The van der Waals surface area contributed by atoms with Crippen molar-refractivity contribution in [3.8, 4) is 0 Å². The molecule has 0 radical (unpaired) electrons. The Kier molecular flexibility index (Phi) is 4.59. The van der Waals surface area contributed by atoms with E-state index in [1.54, 1.807) is 0 Å². The maximum Gasteiger partial charge on any atom is 0.0869 e. The fraction of sp³-hybridized carbons (Fsp3) is 1.00. The summed E-state index contributed by atoms with van der Waals surface area (Å²) in [5.41, 5.74) is 6.32. The van der Waals surface area contributed by atoms with Crippen LogP contribution in [-0.4, -0.2) is 30.5 Å². The molecule has 3 heteroatoms. The third-order valence-corrected chi connectivity index (χ3v) is 5.56. The molecule has 0 aromatic carbocycles. The van der Waals surface area contributed by atoms with Gasteiger partial charge in [-0.2, -0.15) is 0 Å². The van der Waals surface area contributed by atoms with Crippen molar-refractivity contribution in [2.24, 2.45) is 22.5 Å². The molecule has 1 aliphatic carbocycles. The van der Waals surface area contributed by atoms with Crippen molar-refractivity contribution in [2.75, 3.05) is 13.2 Å². The highest BCUT2D eigenvalue weighted by Gasteiger charge is 2.46. The summed E-state index contributed by atoms with van der Waals surface area (Å²) in [6, 6.07) is 0. The SMILES string of the molecule is CC(C)(C)C1CCC(CN)(C(O)C2CCCO2)CC1. The molecule has 2 atom stereocenters. The van der Waals surface area contributed by atoms with Gasteiger partial charge in [0.05, 0.1) is 12.2 Å². The molecule has 3 N–H and O–H groups in total. The van der Waals surface area contributed by atoms with E-state index in [1.165, 1.54) is 12.8 Å². The summed E-state index contributed by atoms with van der Waals surface area (Å²) in [6.45, 7) is 8.36. The highest BCUT2D eigenvalue weighted by atomic mass is 16.5. The maximum absolute atomic E-state index is 10.7. The summed E-state index contributed by atoms with van der Waals surface area (Å²) >= 11 is 0. The first-order chi connectivity index (χ1) is 8.89. The molecule has 0 aromatic rings. The van der Waals surface area contributed by atoms with Crippen LogP contribution in [0.4, 0.5) is 0 Å². The number of rotatable bonds is 3. The minimum atomic E-state index is -0.374. The fourth-order valence-corrected chi connectivity index (χ4v) is 3.93. The van der Waals surface area contributed by atoms with E-state index in [1.807, 2.05) is 0 Å². The van der Waals surface area contributed by atoms with Crippen molar-refractivity contribution >= 4 is 0 Å². The number of ether oxygens (including phenoxy) is 1. The van der Waals surface area contributed by atoms with Gasteiger partial charge in [-0.3, -0.25) is 0 Å². The van der Waals surface area contributed by atoms with Gasteiger partial charge in [-0.1, -0.05) is 20.8 Å². The Balaban J connectivity index is 2.00. The van der Waals surface area contributed by atoms with Crippen molar-refractivity contribution in [3.63, 3.8) is 0 Å². The second-order valence-corrected chi connectivity index (χ2v) is 7.70. The lowest BCUT2D eigenvalue weighted by atomic mass is 9.61. The summed E-state index contributed by atoms with van der Waals surface area (Å²) in [4.78, 5) is 0. The molecule has 0 bridgehead atoms. The zero-order valence-corrected chi connectivity index (χ0v) is 12.8. The van der Waals surface area contributed by atoms with E-state index in [9.17, 15) is 5.11 Å². The van der Waals surface area contributed by atoms with Crippen LogP contribution >= 0.6 is 0 Å². The van der Waals surface area contributed by atoms with Gasteiger partial charge in [0, 0.05) is 18.6 Å². The van der Waals surface area contributed by atoms with Crippen LogP contribution in [0.5, 0.6) is 0 Å². The lowest BCUT2D eigenvalue weighted by molar-refractivity contribution is -0.0942. The van der Waals surface area contributed by atoms with E-state index in [0.29, 0.717) is 12.0 Å². The third kappa shape index (κ3) is 3.14. The topological polar surface area (TPSA) is 55.5 Å². The Morgan fingerprint density at radius 1 is 1.26 bits per heavy atom. The van der Waals surface area contributed by atoms with Crippen molar-refractivity contribution in [3.05, 3.63) is 0 Å². The molecule has 3 nitrogen and oxygen atoms in total. The van der Waals surface area contributed by atoms with Gasteiger partial charge < -0.3 is 15.6 Å². The van der Waals surface area contributed by atoms with E-state index >= 15 is 0 Å². The molecule has 19 heavy (non-hydrogen) atoms. The molecule has 2 unspecified atom stereocenters. The van der Waals surface area contributed by atoms with Crippen molar-refractivity contribution in [2.45, 2.75) is 71.5 Å². The minimum absolute atomic E-state index is 0.0229. The smallest absolute Gasteiger partial charge is 0.0869 e. The largest absolute Gasteiger partial charge is 0.390 e. The predicted octanol–water partition coefficient (Wildman–Crippen LogP) is 2.71. The zero-order chi connectivity index (χ0) is 14.1. The van der Waals surface area contributed by atoms with Gasteiger partial charge in [0.25, 0.3) is 0 Å². The van der Waals surface area contributed by atoms with E-state index in [-0.39, 0.29) is 17.6 Å². The molecule has 1 saturated heterocycles. The number of hydrogen-bond acceptors (Lipinski definition) is 3. The quantitative estimate of drug-likeness (QED) is 0.828. The first kappa shape index (κ1) is 15.3. The molecule has 1 heterocycles. The summed E-state index contributed by atoms with van der Waals surface area (Å²) in [5.74, 6) is 0.754. The van der Waals surface area contributed by atoms with Crippen molar-refractivity contribution in [1.29, 1.82) is 0 Å². The Bertz CT molecular complexity index is 284. The number of hydrogen-bond donors (Lipinski definition) is 2. The van der Waals surface area contributed by atoms with E-state index in [0.717, 1.165) is 38.2 Å². The lowest BCUT2D eigenvalue weighted by Gasteiger charge is -2.47. The number of aliphatic hydroxyl groups excluding tert-OH is 1. The highest BCUT2D eigenvalue weighted by Crippen LogP contribution is 2.47. The standard InChI is InChI=1S/C16H31NO2/c1-15(2,3)12-6-8-16(11-17,9-7-12)14(18)13-5-4-10-19-13/h12-14,18H,4-11,17H2,1-3H3. The molecule has 1 aliphatic heterocycles. The van der Waals surface area contributed by atoms with Crippen LogP contribution in [0, 0.1) is 16.7 Å². The van der Waals surface area contributed by atoms with Gasteiger partial charge in [0.2, 0.25) is 0 Å². The molecule has 1 saturated carbocycles. The van der Waals surface area contributed by atoms with Gasteiger partial charge in [0.15, 0.2) is 0 Å². The van der Waals surface area contributed by atoms with Gasteiger partial charge in [-0.25, -0.2) is 0 Å². The molecule has 0 aromatic heterocycles. The summed E-state index contributed by atoms with van der Waals surface area (Å²) in [6.07, 6.45) is 6.18. The van der Waals surface area contributed by atoms with Crippen LogP contribution in [0.25, 0.3) is 0 Å². The normalized spacial score (nSPS) is 38.4. The van der Waals surface area contributed by atoms with Crippen LogP contribution in [0.15, 0.2) is 0 Å². The molecule has 112 valence electrons. The van der Waals surface area contributed by atoms with Crippen molar-refractivity contribution < 1.29 is 9.84 Å². The Hall–Kier alpha value is -0.120. The Labute approximate surface area is 117 Å². The minimum Gasteiger partial charge on any atom is -0.390 e. The van der Waals surface area contributed by atoms with E-state index in [4.69, 9.17) is 10.5 Å². The van der Waals surface area contributed by atoms with E-state index in [2.05, 4.69) is 20.8 Å². The predicted molar refractivity (Wildman–Crippen MR) is 77.9 cm³/mol. The number of nitrogens with two attached hydrogens (primary N) is 1. The van der Waals surface area contributed by atoms with Gasteiger partial charge in [-0.05, 0) is 49.9 Å². The second-order valence-electron chi connectivity index (χ2n) is 7.70. The van der Waals surface area contributed by atoms with E-state index < -0.39 is 0 Å². The first-order valence-corrected chi connectivity index (χ1v) is 7.89. The van der Waals surface area contributed by atoms with Crippen LogP contribution in [0.1, 0.15) is 59.3 Å². The summed E-state index contributed by atoms with van der Waals surface area (Å²) < 4.78 is 5.68. The zero-order valence-electron chi connectivity index (χ0n) is 12.8. The maximum atomic E-state index is 10.7. The summed E-state index contributed by atoms with van der Waals surface area (Å²) in [7, 11) is 0. The molecular weight excluding hydrogens is 238 g/mol. The lowest BCUT2D eigenvalue weighted by Crippen LogP contribution is -2.50. The highest BCUT2D eigenvalue weighted by molar-refractivity contribution is 4.97. The van der Waals surface area contributed by atoms with Gasteiger partial charge in [-0.15, -0.1) is 0 Å². The summed E-state index contributed by atoms with van der Waals surface area (Å²) in [5, 5.41) is 10.7. The Morgan fingerprint density at radius 2 is 1.89 bits per heavy atom. The molecule has 0 amide bonds. The Morgan fingerprint density at radius 3 is 2.32 bits per heavy atom. The average Bonchev–Trinajstić information content (AvgIpc) is 2.90. The monoisotopic (exact) mass is 269 g/mol. The van der Waals surface area contributed by atoms with Crippen LogP contribution < -0.4 is 5.73 Å².